The van der Waals surface area contributed by atoms with Crippen LogP contribution in [0.2, 0.25) is 0 Å². The molecule has 0 aromatic carbocycles. The second-order valence-corrected chi connectivity index (χ2v) is 4.60. The van der Waals surface area contributed by atoms with E-state index in [0.717, 1.165) is 0 Å². The Morgan fingerprint density at radius 1 is 0.636 bits per heavy atom. The summed E-state index contributed by atoms with van der Waals surface area (Å²) in [4.78, 5) is 65.7. The first-order valence-corrected chi connectivity index (χ1v) is 5.90. The molecule has 0 aliphatic heterocycles. The quantitative estimate of drug-likeness (QED) is 0.331. The van der Waals surface area contributed by atoms with Crippen LogP contribution in [-0.4, -0.2) is 61.3 Å². The van der Waals surface area contributed by atoms with Gasteiger partial charge < -0.3 is 20.4 Å². The maximum atomic E-state index is 11.7. The summed E-state index contributed by atoms with van der Waals surface area (Å²) in [5.41, 5.74) is -2.74. The molecule has 0 aliphatic carbocycles. The molecule has 0 unspecified atom stereocenters. The number of carbonyl (C=O) groups excluding carboxylic acids is 3. The maximum Gasteiger partial charge on any atom is 0.310 e. The van der Waals surface area contributed by atoms with Crippen molar-refractivity contribution < 1.29 is 49.2 Å². The van der Waals surface area contributed by atoms with E-state index in [1.54, 1.807) is 0 Å². The van der Waals surface area contributed by atoms with Crippen LogP contribution >= 0.6 is 0 Å². The molecular formula is C12H14O10. The molecule has 0 aliphatic rings. The van der Waals surface area contributed by atoms with E-state index in [9.17, 15) is 33.9 Å². The van der Waals surface area contributed by atoms with Gasteiger partial charge in [0.05, 0.1) is 0 Å². The summed E-state index contributed by atoms with van der Waals surface area (Å²) in [6.45, 7) is 0. The number of aliphatic hydroxyl groups is 1. The van der Waals surface area contributed by atoms with Gasteiger partial charge in [-0.05, 0) is 0 Å². The lowest BCUT2D eigenvalue weighted by molar-refractivity contribution is -0.154. The molecule has 0 fully saturated rings. The Balaban J connectivity index is 5.19. The number of rotatable bonds is 11. The van der Waals surface area contributed by atoms with E-state index in [1.807, 2.05) is 0 Å². The SMILES string of the molecule is O=C(O)CC(=O)CC(O)(CC(=O)CC(=O)O)C(=O)CC(=O)O. The largest absolute Gasteiger partial charge is 0.481 e. The molecule has 10 nitrogen and oxygen atoms in total. The molecule has 0 radical (unpaired) electrons. The van der Waals surface area contributed by atoms with E-state index >= 15 is 0 Å². The number of hydrogen-bond donors (Lipinski definition) is 4. The van der Waals surface area contributed by atoms with Crippen LogP contribution in [0, 0.1) is 0 Å². The highest BCUT2D eigenvalue weighted by atomic mass is 16.4. The zero-order valence-electron chi connectivity index (χ0n) is 11.3. The lowest BCUT2D eigenvalue weighted by Gasteiger charge is -2.24. The Morgan fingerprint density at radius 2 is 0.955 bits per heavy atom. The van der Waals surface area contributed by atoms with Gasteiger partial charge >= 0.3 is 17.9 Å². The minimum Gasteiger partial charge on any atom is -0.481 e. The minimum atomic E-state index is -2.74. The Bertz CT molecular complexity index is 488. The van der Waals surface area contributed by atoms with Crippen LogP contribution in [0.15, 0.2) is 0 Å². The van der Waals surface area contributed by atoms with E-state index in [0.29, 0.717) is 0 Å². The summed E-state index contributed by atoms with van der Waals surface area (Å²) in [5.74, 6) is -8.27. The highest BCUT2D eigenvalue weighted by molar-refractivity contribution is 6.06. The predicted molar refractivity (Wildman–Crippen MR) is 66.0 cm³/mol. The molecule has 0 bridgehead atoms. The molecule has 22 heavy (non-hydrogen) atoms. The van der Waals surface area contributed by atoms with Crippen molar-refractivity contribution in [2.24, 2.45) is 0 Å². The van der Waals surface area contributed by atoms with Gasteiger partial charge in [-0.1, -0.05) is 0 Å². The fourth-order valence-corrected chi connectivity index (χ4v) is 1.68. The third kappa shape index (κ3) is 7.24. The Hall–Kier alpha value is -2.62. The van der Waals surface area contributed by atoms with E-state index in [4.69, 9.17) is 15.3 Å². The third-order valence-electron chi connectivity index (χ3n) is 2.51. The van der Waals surface area contributed by atoms with Crippen molar-refractivity contribution in [1.82, 2.24) is 0 Å². The van der Waals surface area contributed by atoms with Gasteiger partial charge in [0.25, 0.3) is 0 Å². The first kappa shape index (κ1) is 19.4. The van der Waals surface area contributed by atoms with E-state index in [2.05, 4.69) is 0 Å². The van der Waals surface area contributed by atoms with Crippen LogP contribution in [0.3, 0.4) is 0 Å². The zero-order chi connectivity index (χ0) is 17.5. The van der Waals surface area contributed by atoms with Crippen molar-refractivity contribution in [1.29, 1.82) is 0 Å². The van der Waals surface area contributed by atoms with Crippen molar-refractivity contribution in [3.8, 4) is 0 Å². The van der Waals surface area contributed by atoms with Gasteiger partial charge in [-0.2, -0.15) is 0 Å². The predicted octanol–water partition coefficient (Wildman–Crippen LogP) is -1.37. The molecule has 0 aromatic heterocycles. The van der Waals surface area contributed by atoms with Crippen LogP contribution in [-0.2, 0) is 28.8 Å². The molecule has 0 atom stereocenters. The Morgan fingerprint density at radius 3 is 1.23 bits per heavy atom. The van der Waals surface area contributed by atoms with Gasteiger partial charge in [0.1, 0.15) is 36.4 Å². The number of aliphatic carboxylic acids is 3. The molecule has 0 saturated heterocycles. The number of carboxylic acids is 3. The molecule has 0 spiro atoms. The Labute approximate surface area is 123 Å². The minimum absolute atomic E-state index is 1.03. The molecule has 0 amide bonds. The van der Waals surface area contributed by atoms with E-state index in [1.165, 1.54) is 0 Å². The standard InChI is InChI=1S/C12H14O10/c13-6(1-9(16)17)4-12(22,8(15)3-11(20)21)5-7(14)2-10(18)19/h22H,1-5H2,(H,16,17)(H,18,19)(H,20,21). The molecule has 0 rings (SSSR count). The summed E-state index contributed by atoms with van der Waals surface area (Å²) < 4.78 is 0. The second kappa shape index (κ2) is 7.98. The van der Waals surface area contributed by atoms with Crippen LogP contribution in [0.1, 0.15) is 32.1 Å². The number of ketones is 3. The van der Waals surface area contributed by atoms with Crippen LogP contribution in [0.25, 0.3) is 0 Å². The van der Waals surface area contributed by atoms with Gasteiger partial charge in [0, 0.05) is 12.8 Å². The molecule has 4 N–H and O–H groups in total. The monoisotopic (exact) mass is 318 g/mol. The molecular weight excluding hydrogens is 304 g/mol. The molecule has 0 heterocycles. The first-order chi connectivity index (χ1) is 9.96. The van der Waals surface area contributed by atoms with Gasteiger partial charge in [-0.15, -0.1) is 0 Å². The molecule has 0 saturated carbocycles. The van der Waals surface area contributed by atoms with Crippen molar-refractivity contribution in [3.05, 3.63) is 0 Å². The van der Waals surface area contributed by atoms with Crippen LogP contribution in [0.5, 0.6) is 0 Å². The van der Waals surface area contributed by atoms with Crippen molar-refractivity contribution in [3.63, 3.8) is 0 Å². The molecule has 122 valence electrons. The lowest BCUT2D eigenvalue weighted by atomic mass is 9.84. The number of Topliss-reactive ketones (excluding diaryl/α,β-unsaturated/α-hetero) is 3. The average molecular weight is 318 g/mol. The molecule has 10 heteroatoms. The highest BCUT2D eigenvalue weighted by Gasteiger charge is 2.41. The first-order valence-electron chi connectivity index (χ1n) is 5.90. The summed E-state index contributed by atoms with van der Waals surface area (Å²) in [5, 5.41) is 35.5. The second-order valence-electron chi connectivity index (χ2n) is 4.60. The van der Waals surface area contributed by atoms with Gasteiger partial charge in [-0.25, -0.2) is 0 Å². The lowest BCUT2D eigenvalue weighted by Crippen LogP contribution is -2.44. The summed E-state index contributed by atoms with van der Waals surface area (Å²) >= 11 is 0. The number of carboxylic acid groups (broad SMARTS) is 3. The fraction of sp³-hybridized carbons (Fsp3) is 0.500. The highest BCUT2D eigenvalue weighted by Crippen LogP contribution is 2.21. The van der Waals surface area contributed by atoms with Crippen LogP contribution in [0.4, 0.5) is 0 Å². The summed E-state index contributed by atoms with van der Waals surface area (Å²) in [7, 11) is 0. The Kier molecular flexibility index (Phi) is 7.03. The zero-order valence-corrected chi connectivity index (χ0v) is 11.3. The van der Waals surface area contributed by atoms with Crippen LogP contribution < -0.4 is 0 Å². The topological polar surface area (TPSA) is 183 Å². The van der Waals surface area contributed by atoms with Gasteiger partial charge in [0.2, 0.25) is 0 Å². The number of carbonyl (C=O) groups is 6. The molecule has 0 aromatic rings. The van der Waals surface area contributed by atoms with Gasteiger partial charge in [-0.3, -0.25) is 28.8 Å². The summed E-state index contributed by atoms with van der Waals surface area (Å²) in [6, 6.07) is 0. The number of hydrogen-bond acceptors (Lipinski definition) is 7. The third-order valence-corrected chi connectivity index (χ3v) is 2.51. The van der Waals surface area contributed by atoms with Crippen molar-refractivity contribution in [2.45, 2.75) is 37.7 Å². The normalized spacial score (nSPS) is 10.8. The van der Waals surface area contributed by atoms with E-state index < -0.39 is 73.0 Å². The average Bonchev–Trinajstić information content (AvgIpc) is 2.24. The van der Waals surface area contributed by atoms with Crippen molar-refractivity contribution >= 4 is 35.3 Å². The maximum absolute atomic E-state index is 11.7. The van der Waals surface area contributed by atoms with Crippen molar-refractivity contribution in [2.75, 3.05) is 0 Å². The smallest absolute Gasteiger partial charge is 0.310 e. The van der Waals surface area contributed by atoms with Gasteiger partial charge in [0.15, 0.2) is 5.78 Å². The fourth-order valence-electron chi connectivity index (χ4n) is 1.68. The summed E-state index contributed by atoms with van der Waals surface area (Å²) in [6.07, 6.45) is -5.43. The van der Waals surface area contributed by atoms with E-state index in [-0.39, 0.29) is 0 Å².